The van der Waals surface area contributed by atoms with Crippen LogP contribution in [0.4, 0.5) is 0 Å². The first-order valence-corrected chi connectivity index (χ1v) is 5.75. The molecule has 1 heterocycles. The van der Waals surface area contributed by atoms with Crippen molar-refractivity contribution in [1.82, 2.24) is 14.8 Å². The largest absolute Gasteiger partial charge is 0.324 e. The highest BCUT2D eigenvalue weighted by Gasteiger charge is 2.08. The van der Waals surface area contributed by atoms with Gasteiger partial charge >= 0.3 is 0 Å². The third kappa shape index (κ3) is 2.36. The van der Waals surface area contributed by atoms with Crippen LogP contribution in [0.3, 0.4) is 0 Å². The van der Waals surface area contributed by atoms with E-state index >= 15 is 0 Å². The maximum Gasteiger partial charge on any atom is 0.146 e. The van der Waals surface area contributed by atoms with Gasteiger partial charge in [-0.25, -0.2) is 0 Å². The lowest BCUT2D eigenvalue weighted by Gasteiger charge is -2.05. The van der Waals surface area contributed by atoms with Gasteiger partial charge in [0, 0.05) is 13.5 Å². The third-order valence-electron chi connectivity index (χ3n) is 3.17. The SMILES string of the molecule is Cc1ccc(Cc2nnc(CN)n2C)cc1C. The first kappa shape index (κ1) is 11.8. The van der Waals surface area contributed by atoms with Gasteiger partial charge < -0.3 is 10.3 Å². The van der Waals surface area contributed by atoms with Gasteiger partial charge in [0.15, 0.2) is 0 Å². The van der Waals surface area contributed by atoms with E-state index in [0.29, 0.717) is 6.54 Å². The van der Waals surface area contributed by atoms with Gasteiger partial charge in [0.05, 0.1) is 6.54 Å². The number of hydrogen-bond acceptors (Lipinski definition) is 3. The maximum absolute atomic E-state index is 5.58. The zero-order valence-corrected chi connectivity index (χ0v) is 10.6. The standard InChI is InChI=1S/C13H18N4/c1-9-4-5-11(6-10(9)2)7-12-15-16-13(8-14)17(12)3/h4-6H,7-8,14H2,1-3H3. The molecule has 0 saturated carbocycles. The lowest BCUT2D eigenvalue weighted by Crippen LogP contribution is -2.07. The van der Waals surface area contributed by atoms with Crippen LogP contribution in [0.15, 0.2) is 18.2 Å². The molecule has 2 N–H and O–H groups in total. The zero-order chi connectivity index (χ0) is 12.4. The Morgan fingerprint density at radius 3 is 2.41 bits per heavy atom. The predicted octanol–water partition coefficient (Wildman–Crippen LogP) is 1.48. The Kier molecular flexibility index (Phi) is 3.24. The molecular weight excluding hydrogens is 212 g/mol. The summed E-state index contributed by atoms with van der Waals surface area (Å²) in [5.74, 6) is 1.78. The molecule has 0 amide bonds. The van der Waals surface area contributed by atoms with Gasteiger partial charge in [-0.3, -0.25) is 0 Å². The molecule has 1 aromatic carbocycles. The molecule has 0 aliphatic heterocycles. The molecule has 0 radical (unpaired) electrons. The van der Waals surface area contributed by atoms with E-state index in [9.17, 15) is 0 Å². The first-order chi connectivity index (χ1) is 8.11. The van der Waals surface area contributed by atoms with Crippen LogP contribution in [0.5, 0.6) is 0 Å². The molecule has 0 fully saturated rings. The van der Waals surface area contributed by atoms with Crippen molar-refractivity contribution >= 4 is 0 Å². The summed E-state index contributed by atoms with van der Waals surface area (Å²) in [6.45, 7) is 4.67. The molecule has 4 nitrogen and oxygen atoms in total. The van der Waals surface area contributed by atoms with Gasteiger partial charge in [-0.1, -0.05) is 18.2 Å². The van der Waals surface area contributed by atoms with Crippen LogP contribution < -0.4 is 5.73 Å². The van der Waals surface area contributed by atoms with Gasteiger partial charge in [0.25, 0.3) is 0 Å². The Morgan fingerprint density at radius 2 is 1.82 bits per heavy atom. The Bertz CT molecular complexity index is 528. The fourth-order valence-corrected chi connectivity index (χ4v) is 1.83. The molecule has 0 spiro atoms. The lowest BCUT2D eigenvalue weighted by molar-refractivity contribution is 0.758. The molecular formula is C13H18N4. The van der Waals surface area contributed by atoms with Gasteiger partial charge in [-0.2, -0.15) is 0 Å². The van der Waals surface area contributed by atoms with E-state index in [1.165, 1.54) is 16.7 Å². The van der Waals surface area contributed by atoms with Crippen molar-refractivity contribution in [2.75, 3.05) is 0 Å². The van der Waals surface area contributed by atoms with Crippen molar-refractivity contribution in [3.8, 4) is 0 Å². The molecule has 90 valence electrons. The fraction of sp³-hybridized carbons (Fsp3) is 0.385. The van der Waals surface area contributed by atoms with Crippen molar-refractivity contribution in [3.63, 3.8) is 0 Å². The van der Waals surface area contributed by atoms with E-state index in [2.05, 4.69) is 42.2 Å². The van der Waals surface area contributed by atoms with E-state index in [1.54, 1.807) is 0 Å². The van der Waals surface area contributed by atoms with Crippen LogP contribution in [0.2, 0.25) is 0 Å². The minimum atomic E-state index is 0.427. The van der Waals surface area contributed by atoms with Crippen LogP contribution in [0.25, 0.3) is 0 Å². The smallest absolute Gasteiger partial charge is 0.146 e. The van der Waals surface area contributed by atoms with Crippen LogP contribution in [0.1, 0.15) is 28.3 Å². The van der Waals surface area contributed by atoms with Crippen molar-refractivity contribution in [1.29, 1.82) is 0 Å². The second-order valence-electron chi connectivity index (χ2n) is 4.39. The molecule has 0 atom stereocenters. The topological polar surface area (TPSA) is 56.7 Å². The van der Waals surface area contributed by atoms with Crippen LogP contribution in [-0.2, 0) is 20.0 Å². The zero-order valence-electron chi connectivity index (χ0n) is 10.6. The summed E-state index contributed by atoms with van der Waals surface area (Å²) in [5.41, 5.74) is 9.46. The highest BCUT2D eigenvalue weighted by molar-refractivity contribution is 5.31. The van der Waals surface area contributed by atoms with E-state index < -0.39 is 0 Å². The summed E-state index contributed by atoms with van der Waals surface area (Å²) in [4.78, 5) is 0. The third-order valence-corrected chi connectivity index (χ3v) is 3.17. The van der Waals surface area contributed by atoms with E-state index in [4.69, 9.17) is 5.73 Å². The Morgan fingerprint density at radius 1 is 1.12 bits per heavy atom. The molecule has 4 heteroatoms. The van der Waals surface area contributed by atoms with Crippen molar-refractivity contribution in [2.45, 2.75) is 26.8 Å². The van der Waals surface area contributed by atoms with Crippen LogP contribution in [-0.4, -0.2) is 14.8 Å². The average Bonchev–Trinajstić information content (AvgIpc) is 2.65. The normalized spacial score (nSPS) is 10.8. The molecule has 0 aliphatic carbocycles. The molecule has 1 aromatic heterocycles. The minimum Gasteiger partial charge on any atom is -0.324 e. The van der Waals surface area contributed by atoms with Gasteiger partial charge in [-0.05, 0) is 30.5 Å². The summed E-state index contributed by atoms with van der Waals surface area (Å²) in [5, 5.41) is 8.23. The van der Waals surface area contributed by atoms with Crippen LogP contribution in [0, 0.1) is 13.8 Å². The minimum absolute atomic E-state index is 0.427. The van der Waals surface area contributed by atoms with Crippen molar-refractivity contribution in [2.24, 2.45) is 12.8 Å². The summed E-state index contributed by atoms with van der Waals surface area (Å²) in [7, 11) is 1.96. The predicted molar refractivity (Wildman–Crippen MR) is 67.6 cm³/mol. The molecule has 2 aromatic rings. The highest BCUT2D eigenvalue weighted by atomic mass is 15.3. The van der Waals surface area contributed by atoms with E-state index in [0.717, 1.165) is 18.1 Å². The van der Waals surface area contributed by atoms with E-state index in [-0.39, 0.29) is 0 Å². The summed E-state index contributed by atoms with van der Waals surface area (Å²) < 4.78 is 1.97. The lowest BCUT2D eigenvalue weighted by atomic mass is 10.0. The van der Waals surface area contributed by atoms with E-state index in [1.807, 2.05) is 11.6 Å². The Balaban J connectivity index is 2.25. The molecule has 17 heavy (non-hydrogen) atoms. The first-order valence-electron chi connectivity index (χ1n) is 5.75. The summed E-state index contributed by atoms with van der Waals surface area (Å²) in [6.07, 6.45) is 0.796. The molecule has 0 unspecified atom stereocenters. The molecule has 0 aliphatic rings. The number of hydrogen-bond donors (Lipinski definition) is 1. The van der Waals surface area contributed by atoms with Gasteiger partial charge in [0.1, 0.15) is 11.6 Å². The Labute approximate surface area is 101 Å². The molecule has 0 saturated heterocycles. The second-order valence-corrected chi connectivity index (χ2v) is 4.39. The number of rotatable bonds is 3. The maximum atomic E-state index is 5.58. The number of nitrogens with two attached hydrogens (primary N) is 1. The van der Waals surface area contributed by atoms with Gasteiger partial charge in [-0.15, -0.1) is 10.2 Å². The van der Waals surface area contributed by atoms with Crippen LogP contribution >= 0.6 is 0 Å². The summed E-state index contributed by atoms with van der Waals surface area (Å²) >= 11 is 0. The fourth-order valence-electron chi connectivity index (χ4n) is 1.83. The van der Waals surface area contributed by atoms with Crippen molar-refractivity contribution in [3.05, 3.63) is 46.5 Å². The molecule has 0 bridgehead atoms. The monoisotopic (exact) mass is 230 g/mol. The average molecular weight is 230 g/mol. The molecule has 2 rings (SSSR count). The summed E-state index contributed by atoms with van der Waals surface area (Å²) in [6, 6.07) is 6.48. The number of nitrogens with zero attached hydrogens (tertiary/aromatic N) is 3. The van der Waals surface area contributed by atoms with Gasteiger partial charge in [0.2, 0.25) is 0 Å². The number of aryl methyl sites for hydroxylation is 2. The quantitative estimate of drug-likeness (QED) is 0.869. The number of benzene rings is 1. The highest BCUT2D eigenvalue weighted by Crippen LogP contribution is 2.13. The number of aromatic nitrogens is 3. The Hall–Kier alpha value is -1.68. The second kappa shape index (κ2) is 4.67. The van der Waals surface area contributed by atoms with Crippen molar-refractivity contribution < 1.29 is 0 Å².